The lowest BCUT2D eigenvalue weighted by atomic mass is 10.0. The Morgan fingerprint density at radius 3 is 2.50 bits per heavy atom. The summed E-state index contributed by atoms with van der Waals surface area (Å²) in [7, 11) is 1.59. The number of hydrogen-bond acceptors (Lipinski definition) is 3. The number of nitrogens with zero attached hydrogens (tertiary/aromatic N) is 2. The van der Waals surface area contributed by atoms with E-state index >= 15 is 0 Å². The molecule has 4 amide bonds. The van der Waals surface area contributed by atoms with Crippen molar-refractivity contribution in [3.8, 4) is 0 Å². The van der Waals surface area contributed by atoms with Gasteiger partial charge in [0.05, 0.1) is 6.04 Å². The quantitative estimate of drug-likeness (QED) is 0.767. The Morgan fingerprint density at radius 2 is 1.96 bits per heavy atom. The van der Waals surface area contributed by atoms with Crippen molar-refractivity contribution in [2.75, 3.05) is 20.1 Å². The smallest absolute Gasteiger partial charge is 0.326 e. The highest BCUT2D eigenvalue weighted by atomic mass is 35.5. The number of hydrogen-bond donors (Lipinski definition) is 1. The highest BCUT2D eigenvalue weighted by molar-refractivity contribution is 6.30. The average molecular weight is 352 g/mol. The molecular formula is C17H22ClN3O3. The summed E-state index contributed by atoms with van der Waals surface area (Å²) in [4.78, 5) is 38.1. The van der Waals surface area contributed by atoms with Crippen molar-refractivity contribution >= 4 is 29.4 Å². The van der Waals surface area contributed by atoms with Gasteiger partial charge in [0.1, 0.15) is 6.54 Å². The van der Waals surface area contributed by atoms with E-state index in [2.05, 4.69) is 5.32 Å². The van der Waals surface area contributed by atoms with Crippen LogP contribution in [0.4, 0.5) is 4.79 Å². The van der Waals surface area contributed by atoms with Gasteiger partial charge in [-0.15, -0.1) is 0 Å². The standard InChI is InChI=1S/C17H22ClN3O3/c1-3-14(12-6-8-13(18)9-7-12)19-15(22)5-4-10-21-16(23)11-20(2)17(21)24/h6-9,14H,3-5,10-11H2,1-2H3,(H,19,22). The van der Waals surface area contributed by atoms with Crippen LogP contribution in [-0.4, -0.2) is 47.8 Å². The molecule has 1 heterocycles. The number of urea groups is 1. The molecule has 0 aromatic heterocycles. The first-order chi connectivity index (χ1) is 11.4. The minimum Gasteiger partial charge on any atom is -0.349 e. The van der Waals surface area contributed by atoms with Crippen molar-refractivity contribution in [1.29, 1.82) is 0 Å². The van der Waals surface area contributed by atoms with E-state index < -0.39 is 0 Å². The Bertz CT molecular complexity index is 618. The predicted octanol–water partition coefficient (Wildman–Crippen LogP) is 2.58. The largest absolute Gasteiger partial charge is 0.349 e. The zero-order valence-electron chi connectivity index (χ0n) is 13.9. The molecule has 130 valence electrons. The van der Waals surface area contributed by atoms with E-state index in [0.29, 0.717) is 11.4 Å². The van der Waals surface area contributed by atoms with Crippen LogP contribution in [0.3, 0.4) is 0 Å². The maximum absolute atomic E-state index is 12.1. The minimum absolute atomic E-state index is 0.0732. The van der Waals surface area contributed by atoms with E-state index in [-0.39, 0.29) is 43.4 Å². The summed E-state index contributed by atoms with van der Waals surface area (Å²) in [6.07, 6.45) is 1.49. The van der Waals surface area contributed by atoms with Gasteiger partial charge < -0.3 is 10.2 Å². The molecule has 1 unspecified atom stereocenters. The Hall–Kier alpha value is -2.08. The molecule has 0 saturated carbocycles. The predicted molar refractivity (Wildman–Crippen MR) is 91.6 cm³/mol. The van der Waals surface area contributed by atoms with Gasteiger partial charge in [-0.2, -0.15) is 0 Å². The fraction of sp³-hybridized carbons (Fsp3) is 0.471. The van der Waals surface area contributed by atoms with Crippen molar-refractivity contribution in [3.63, 3.8) is 0 Å². The van der Waals surface area contributed by atoms with Gasteiger partial charge in [-0.1, -0.05) is 30.7 Å². The second kappa shape index (κ2) is 8.15. The number of benzene rings is 1. The van der Waals surface area contributed by atoms with Crippen molar-refractivity contribution in [2.45, 2.75) is 32.2 Å². The van der Waals surface area contributed by atoms with Gasteiger partial charge in [-0.3, -0.25) is 14.5 Å². The number of carbonyl (C=O) groups excluding carboxylic acids is 3. The molecule has 1 atom stereocenters. The Morgan fingerprint density at radius 1 is 1.29 bits per heavy atom. The third-order valence-electron chi connectivity index (χ3n) is 4.03. The van der Waals surface area contributed by atoms with Crippen molar-refractivity contribution in [2.24, 2.45) is 0 Å². The normalized spacial score (nSPS) is 15.8. The number of rotatable bonds is 7. The van der Waals surface area contributed by atoms with Gasteiger partial charge in [0.15, 0.2) is 0 Å². The van der Waals surface area contributed by atoms with Crippen LogP contribution in [0.25, 0.3) is 0 Å². The lowest BCUT2D eigenvalue weighted by Gasteiger charge is -2.18. The van der Waals surface area contributed by atoms with Crippen LogP contribution in [0.15, 0.2) is 24.3 Å². The summed E-state index contributed by atoms with van der Waals surface area (Å²) in [6, 6.07) is 7.02. The second-order valence-electron chi connectivity index (χ2n) is 5.87. The molecule has 1 aromatic rings. The molecule has 0 radical (unpaired) electrons. The van der Waals surface area contributed by atoms with Gasteiger partial charge in [0, 0.05) is 25.0 Å². The monoisotopic (exact) mass is 351 g/mol. The van der Waals surface area contributed by atoms with E-state index in [9.17, 15) is 14.4 Å². The maximum atomic E-state index is 12.1. The molecule has 1 N–H and O–H groups in total. The van der Waals surface area contributed by atoms with E-state index in [0.717, 1.165) is 12.0 Å². The molecule has 1 aliphatic heterocycles. The number of imide groups is 1. The van der Waals surface area contributed by atoms with Crippen LogP contribution in [0.5, 0.6) is 0 Å². The highest BCUT2D eigenvalue weighted by Crippen LogP contribution is 2.19. The van der Waals surface area contributed by atoms with E-state index in [1.54, 1.807) is 19.2 Å². The minimum atomic E-state index is -0.298. The van der Waals surface area contributed by atoms with Gasteiger partial charge in [0.2, 0.25) is 11.8 Å². The van der Waals surface area contributed by atoms with Crippen LogP contribution in [-0.2, 0) is 9.59 Å². The molecule has 0 aliphatic carbocycles. The first-order valence-corrected chi connectivity index (χ1v) is 8.40. The number of nitrogens with one attached hydrogen (secondary N) is 1. The van der Waals surface area contributed by atoms with Gasteiger partial charge in [0.25, 0.3) is 0 Å². The SMILES string of the molecule is CCC(NC(=O)CCCN1C(=O)CN(C)C1=O)c1ccc(Cl)cc1. The molecule has 24 heavy (non-hydrogen) atoms. The Balaban J connectivity index is 1.81. The van der Waals surface area contributed by atoms with Crippen molar-refractivity contribution < 1.29 is 14.4 Å². The second-order valence-corrected chi connectivity index (χ2v) is 6.30. The van der Waals surface area contributed by atoms with Crippen LogP contribution < -0.4 is 5.32 Å². The molecule has 1 aliphatic rings. The molecule has 1 saturated heterocycles. The summed E-state index contributed by atoms with van der Waals surface area (Å²) in [5, 5.41) is 3.64. The summed E-state index contributed by atoms with van der Waals surface area (Å²) < 4.78 is 0. The zero-order valence-corrected chi connectivity index (χ0v) is 14.7. The number of carbonyl (C=O) groups is 3. The summed E-state index contributed by atoms with van der Waals surface area (Å²) >= 11 is 5.88. The van der Waals surface area contributed by atoms with Crippen LogP contribution in [0, 0.1) is 0 Å². The molecule has 0 spiro atoms. The highest BCUT2D eigenvalue weighted by Gasteiger charge is 2.32. The summed E-state index contributed by atoms with van der Waals surface area (Å²) in [5.41, 5.74) is 1.00. The number of likely N-dealkylation sites (N-methyl/N-ethyl adjacent to an activating group) is 1. The number of amides is 4. The lowest BCUT2D eigenvalue weighted by molar-refractivity contribution is -0.126. The van der Waals surface area contributed by atoms with Crippen molar-refractivity contribution in [1.82, 2.24) is 15.1 Å². The van der Waals surface area contributed by atoms with E-state index in [1.807, 2.05) is 19.1 Å². The van der Waals surface area contributed by atoms with Crippen LogP contribution >= 0.6 is 11.6 Å². The topological polar surface area (TPSA) is 69.7 Å². The molecule has 6 nitrogen and oxygen atoms in total. The van der Waals surface area contributed by atoms with E-state index in [4.69, 9.17) is 11.6 Å². The van der Waals surface area contributed by atoms with Gasteiger partial charge in [-0.05, 0) is 30.5 Å². The average Bonchev–Trinajstić information content (AvgIpc) is 2.79. The lowest BCUT2D eigenvalue weighted by Crippen LogP contribution is -2.34. The first-order valence-electron chi connectivity index (χ1n) is 8.02. The van der Waals surface area contributed by atoms with Gasteiger partial charge >= 0.3 is 6.03 Å². The Kier molecular flexibility index (Phi) is 6.20. The van der Waals surface area contributed by atoms with Crippen LogP contribution in [0.2, 0.25) is 5.02 Å². The summed E-state index contributed by atoms with van der Waals surface area (Å²) in [5.74, 6) is -0.306. The molecule has 0 bridgehead atoms. The molecule has 1 aromatic carbocycles. The third kappa shape index (κ3) is 4.47. The van der Waals surface area contributed by atoms with Crippen molar-refractivity contribution in [3.05, 3.63) is 34.9 Å². The summed E-state index contributed by atoms with van der Waals surface area (Å²) in [6.45, 7) is 2.38. The van der Waals surface area contributed by atoms with Gasteiger partial charge in [-0.25, -0.2) is 4.79 Å². The molecule has 2 rings (SSSR count). The van der Waals surface area contributed by atoms with Crippen LogP contribution in [0.1, 0.15) is 37.8 Å². The molecule has 1 fully saturated rings. The van der Waals surface area contributed by atoms with E-state index in [1.165, 1.54) is 9.80 Å². The Labute approximate surface area is 146 Å². The first kappa shape index (κ1) is 18.3. The zero-order chi connectivity index (χ0) is 17.7. The number of halogens is 1. The third-order valence-corrected chi connectivity index (χ3v) is 4.28. The maximum Gasteiger partial charge on any atom is 0.326 e. The fourth-order valence-electron chi connectivity index (χ4n) is 2.67. The molecular weight excluding hydrogens is 330 g/mol. The molecule has 7 heteroatoms. The fourth-order valence-corrected chi connectivity index (χ4v) is 2.80.